The standard InChI is InChI=1S/C18H18N2O2/c1-13-8-10-15(11-9-13)17(21)20-16(18(22)19-2)12-14-6-4-3-5-7-14/h3-12H,1-2H3,(H,19,22)(H,20,21)/b16-12+. The topological polar surface area (TPSA) is 58.2 Å². The molecular weight excluding hydrogens is 276 g/mol. The molecule has 2 amide bonds. The second kappa shape index (κ2) is 7.22. The van der Waals surface area contributed by atoms with E-state index in [4.69, 9.17) is 0 Å². The van der Waals surface area contributed by atoms with Gasteiger partial charge in [-0.2, -0.15) is 0 Å². The van der Waals surface area contributed by atoms with Crippen LogP contribution in [-0.2, 0) is 4.79 Å². The van der Waals surface area contributed by atoms with Crippen molar-refractivity contribution in [2.45, 2.75) is 6.92 Å². The van der Waals surface area contributed by atoms with Crippen molar-refractivity contribution in [1.82, 2.24) is 10.6 Å². The fourth-order valence-corrected chi connectivity index (χ4v) is 1.91. The van der Waals surface area contributed by atoms with Crippen molar-refractivity contribution in [3.05, 3.63) is 77.0 Å². The zero-order valence-corrected chi connectivity index (χ0v) is 12.6. The van der Waals surface area contributed by atoms with E-state index in [1.54, 1.807) is 18.2 Å². The molecule has 0 fully saturated rings. The van der Waals surface area contributed by atoms with E-state index in [1.807, 2.05) is 49.4 Å². The summed E-state index contributed by atoms with van der Waals surface area (Å²) >= 11 is 0. The summed E-state index contributed by atoms with van der Waals surface area (Å²) in [4.78, 5) is 24.2. The molecule has 0 bridgehead atoms. The number of aryl methyl sites for hydroxylation is 1. The molecule has 0 aliphatic rings. The van der Waals surface area contributed by atoms with Crippen LogP contribution in [0.25, 0.3) is 6.08 Å². The van der Waals surface area contributed by atoms with Gasteiger partial charge < -0.3 is 10.6 Å². The third kappa shape index (κ3) is 4.06. The summed E-state index contributed by atoms with van der Waals surface area (Å²) in [5.41, 5.74) is 2.63. The van der Waals surface area contributed by atoms with E-state index >= 15 is 0 Å². The molecule has 0 radical (unpaired) electrons. The van der Waals surface area contributed by atoms with Crippen LogP contribution in [0, 0.1) is 6.92 Å². The van der Waals surface area contributed by atoms with E-state index in [9.17, 15) is 9.59 Å². The van der Waals surface area contributed by atoms with Gasteiger partial charge >= 0.3 is 0 Å². The maximum Gasteiger partial charge on any atom is 0.267 e. The molecule has 0 spiro atoms. The number of likely N-dealkylation sites (N-methyl/N-ethyl adjacent to an activating group) is 1. The third-order valence-electron chi connectivity index (χ3n) is 3.14. The number of carbonyl (C=O) groups is 2. The number of hydrogen-bond acceptors (Lipinski definition) is 2. The lowest BCUT2D eigenvalue weighted by Gasteiger charge is -2.09. The largest absolute Gasteiger partial charge is 0.354 e. The minimum Gasteiger partial charge on any atom is -0.354 e. The zero-order chi connectivity index (χ0) is 15.9. The van der Waals surface area contributed by atoms with Crippen LogP contribution in [0.5, 0.6) is 0 Å². The van der Waals surface area contributed by atoms with Gasteiger partial charge in [0.2, 0.25) is 0 Å². The Balaban J connectivity index is 2.24. The molecule has 0 aliphatic heterocycles. The highest BCUT2D eigenvalue weighted by Crippen LogP contribution is 2.07. The lowest BCUT2D eigenvalue weighted by atomic mass is 10.1. The number of carbonyl (C=O) groups excluding carboxylic acids is 2. The summed E-state index contributed by atoms with van der Waals surface area (Å²) in [7, 11) is 1.53. The Hall–Kier alpha value is -2.88. The van der Waals surface area contributed by atoms with Crippen molar-refractivity contribution in [2.24, 2.45) is 0 Å². The summed E-state index contributed by atoms with van der Waals surface area (Å²) in [6, 6.07) is 16.5. The van der Waals surface area contributed by atoms with Gasteiger partial charge in [-0.25, -0.2) is 0 Å². The van der Waals surface area contributed by atoms with Crippen LogP contribution in [0.1, 0.15) is 21.5 Å². The predicted molar refractivity (Wildman–Crippen MR) is 87.1 cm³/mol. The van der Waals surface area contributed by atoms with Gasteiger partial charge in [0.25, 0.3) is 11.8 Å². The first kappa shape index (κ1) is 15.5. The minimum absolute atomic E-state index is 0.208. The van der Waals surface area contributed by atoms with Crippen LogP contribution in [-0.4, -0.2) is 18.9 Å². The first-order chi connectivity index (χ1) is 10.6. The SMILES string of the molecule is CNC(=O)/C(=C\c1ccccc1)NC(=O)c1ccc(C)cc1. The van der Waals surface area contributed by atoms with Crippen LogP contribution in [0.3, 0.4) is 0 Å². The molecule has 0 aromatic heterocycles. The van der Waals surface area contributed by atoms with Gasteiger partial charge in [-0.15, -0.1) is 0 Å². The maximum absolute atomic E-state index is 12.2. The van der Waals surface area contributed by atoms with Crippen LogP contribution in [0.4, 0.5) is 0 Å². The van der Waals surface area contributed by atoms with E-state index in [0.717, 1.165) is 11.1 Å². The molecule has 2 aromatic rings. The van der Waals surface area contributed by atoms with Gasteiger partial charge in [0.1, 0.15) is 5.70 Å². The van der Waals surface area contributed by atoms with Crippen LogP contribution < -0.4 is 10.6 Å². The monoisotopic (exact) mass is 294 g/mol. The van der Waals surface area contributed by atoms with Gasteiger partial charge in [0.05, 0.1) is 0 Å². The van der Waals surface area contributed by atoms with Crippen LogP contribution >= 0.6 is 0 Å². The lowest BCUT2D eigenvalue weighted by Crippen LogP contribution is -2.33. The molecule has 0 unspecified atom stereocenters. The first-order valence-electron chi connectivity index (χ1n) is 6.97. The normalized spacial score (nSPS) is 10.9. The fourth-order valence-electron chi connectivity index (χ4n) is 1.91. The smallest absolute Gasteiger partial charge is 0.267 e. The maximum atomic E-state index is 12.2. The molecule has 0 atom stereocenters. The predicted octanol–water partition coefficient (Wildman–Crippen LogP) is 2.51. The van der Waals surface area contributed by atoms with Crippen molar-refractivity contribution in [2.75, 3.05) is 7.05 Å². The molecule has 2 aromatic carbocycles. The van der Waals surface area contributed by atoms with Crippen molar-refractivity contribution >= 4 is 17.9 Å². The van der Waals surface area contributed by atoms with E-state index < -0.39 is 0 Å². The lowest BCUT2D eigenvalue weighted by molar-refractivity contribution is -0.117. The second-order valence-electron chi connectivity index (χ2n) is 4.87. The molecule has 0 heterocycles. The summed E-state index contributed by atoms with van der Waals surface area (Å²) in [5.74, 6) is -0.657. The summed E-state index contributed by atoms with van der Waals surface area (Å²) in [6.07, 6.45) is 1.64. The van der Waals surface area contributed by atoms with Gasteiger partial charge in [-0.1, -0.05) is 48.0 Å². The molecule has 0 aliphatic carbocycles. The van der Waals surface area contributed by atoms with E-state index in [-0.39, 0.29) is 17.5 Å². The average molecular weight is 294 g/mol. The Kier molecular flexibility index (Phi) is 5.09. The average Bonchev–Trinajstić information content (AvgIpc) is 2.55. The number of amides is 2. The molecule has 112 valence electrons. The van der Waals surface area contributed by atoms with Crippen molar-refractivity contribution in [3.63, 3.8) is 0 Å². The van der Waals surface area contributed by atoms with Gasteiger partial charge in [-0.05, 0) is 30.7 Å². The van der Waals surface area contributed by atoms with Gasteiger partial charge in [0.15, 0.2) is 0 Å². The number of hydrogen-bond donors (Lipinski definition) is 2. The molecule has 0 saturated carbocycles. The van der Waals surface area contributed by atoms with Crippen LogP contribution in [0.2, 0.25) is 0 Å². The number of benzene rings is 2. The van der Waals surface area contributed by atoms with Crippen molar-refractivity contribution in [3.8, 4) is 0 Å². The quantitative estimate of drug-likeness (QED) is 0.851. The number of rotatable bonds is 4. The Labute approximate surface area is 129 Å². The van der Waals surface area contributed by atoms with Crippen molar-refractivity contribution < 1.29 is 9.59 Å². The molecule has 2 N–H and O–H groups in total. The number of nitrogens with one attached hydrogen (secondary N) is 2. The second-order valence-corrected chi connectivity index (χ2v) is 4.87. The summed E-state index contributed by atoms with van der Waals surface area (Å²) in [5, 5.41) is 5.19. The molecule has 2 rings (SSSR count). The zero-order valence-electron chi connectivity index (χ0n) is 12.6. The molecule has 0 saturated heterocycles. The minimum atomic E-state index is -0.343. The van der Waals surface area contributed by atoms with Crippen molar-refractivity contribution in [1.29, 1.82) is 0 Å². The molecule has 4 nitrogen and oxygen atoms in total. The van der Waals surface area contributed by atoms with Crippen LogP contribution in [0.15, 0.2) is 60.3 Å². The third-order valence-corrected chi connectivity index (χ3v) is 3.14. The highest BCUT2D eigenvalue weighted by Gasteiger charge is 2.13. The fraction of sp³-hybridized carbons (Fsp3) is 0.111. The summed E-state index contributed by atoms with van der Waals surface area (Å²) in [6.45, 7) is 1.95. The first-order valence-corrected chi connectivity index (χ1v) is 6.97. The van der Waals surface area contributed by atoms with E-state index in [1.165, 1.54) is 7.05 Å². The van der Waals surface area contributed by atoms with E-state index in [0.29, 0.717) is 5.56 Å². The highest BCUT2D eigenvalue weighted by molar-refractivity contribution is 6.05. The Morgan fingerprint density at radius 1 is 0.955 bits per heavy atom. The molecule has 22 heavy (non-hydrogen) atoms. The molecule has 4 heteroatoms. The Morgan fingerprint density at radius 3 is 2.18 bits per heavy atom. The summed E-state index contributed by atoms with van der Waals surface area (Å²) < 4.78 is 0. The van der Waals surface area contributed by atoms with Gasteiger partial charge in [0, 0.05) is 12.6 Å². The molecular formula is C18H18N2O2. The highest BCUT2D eigenvalue weighted by atomic mass is 16.2. The van der Waals surface area contributed by atoms with E-state index in [2.05, 4.69) is 10.6 Å². The van der Waals surface area contributed by atoms with Gasteiger partial charge in [-0.3, -0.25) is 9.59 Å². The Morgan fingerprint density at radius 2 is 1.59 bits per heavy atom. The Bertz CT molecular complexity index is 689.